The molecule has 0 aliphatic carbocycles. The van der Waals surface area contributed by atoms with Crippen LogP contribution in [0.4, 0.5) is 4.79 Å². The number of amides is 5. The highest BCUT2D eigenvalue weighted by molar-refractivity contribution is 5.85. The van der Waals surface area contributed by atoms with Crippen molar-refractivity contribution in [2.24, 2.45) is 0 Å². The van der Waals surface area contributed by atoms with Crippen LogP contribution in [0.1, 0.15) is 46.5 Å². The molecule has 1 fully saturated rings. The van der Waals surface area contributed by atoms with Gasteiger partial charge in [-0.1, -0.05) is 0 Å². The van der Waals surface area contributed by atoms with Gasteiger partial charge in [0.1, 0.15) is 18.2 Å². The monoisotopic (exact) mass is 517 g/mol. The molecule has 0 radical (unpaired) electrons. The van der Waals surface area contributed by atoms with E-state index in [0.717, 1.165) is 0 Å². The van der Waals surface area contributed by atoms with Crippen molar-refractivity contribution in [3.63, 3.8) is 0 Å². The smallest absolute Gasteiger partial charge is 0.411 e. The van der Waals surface area contributed by atoms with Crippen LogP contribution in [0.2, 0.25) is 0 Å². The number of ether oxygens (including phenoxy) is 2. The fourth-order valence-corrected chi connectivity index (χ4v) is 2.77. The maximum absolute atomic E-state index is 12.1. The third kappa shape index (κ3) is 14.8. The van der Waals surface area contributed by atoms with Gasteiger partial charge in [0.05, 0.1) is 0 Å². The molecule has 0 unspecified atom stereocenters. The lowest BCUT2D eigenvalue weighted by atomic mass is 10.2. The molecule has 0 bridgehead atoms. The van der Waals surface area contributed by atoms with Gasteiger partial charge in [0.15, 0.2) is 6.61 Å². The van der Waals surface area contributed by atoms with Gasteiger partial charge in [-0.2, -0.15) is 0 Å². The van der Waals surface area contributed by atoms with E-state index in [0.29, 0.717) is 19.4 Å². The van der Waals surface area contributed by atoms with E-state index < -0.39 is 48.7 Å². The topological polar surface area (TPSA) is 192 Å². The lowest BCUT2D eigenvalue weighted by Crippen LogP contribution is -2.44. The third-order valence-corrected chi connectivity index (χ3v) is 4.55. The van der Waals surface area contributed by atoms with Crippen LogP contribution in [-0.2, 0) is 33.4 Å². The number of aliphatic hydroxyl groups excluding tert-OH is 1. The van der Waals surface area contributed by atoms with Crippen LogP contribution >= 0.6 is 0 Å². The molecule has 14 heteroatoms. The maximum atomic E-state index is 12.1. The molecule has 14 nitrogen and oxygen atoms in total. The van der Waals surface area contributed by atoms with E-state index in [2.05, 4.69) is 21.3 Å². The number of carbonyl (C=O) groups excluding carboxylic acids is 6. The summed E-state index contributed by atoms with van der Waals surface area (Å²) in [6.07, 6.45) is 0.947. The minimum Gasteiger partial charge on any atom is -0.454 e. The summed E-state index contributed by atoms with van der Waals surface area (Å²) in [5.74, 6) is -1.93. The lowest BCUT2D eigenvalue weighted by Gasteiger charge is -2.27. The van der Waals surface area contributed by atoms with Gasteiger partial charge < -0.3 is 35.8 Å². The summed E-state index contributed by atoms with van der Waals surface area (Å²) in [7, 11) is 3.03. The molecule has 1 saturated heterocycles. The molecule has 1 heterocycles. The zero-order valence-corrected chi connectivity index (χ0v) is 21.6. The molecule has 1 aliphatic heterocycles. The van der Waals surface area contributed by atoms with Crippen LogP contribution in [-0.4, -0.2) is 104 Å². The number of carbonyl (C=O) groups is 6. The zero-order valence-electron chi connectivity index (χ0n) is 21.6. The lowest BCUT2D eigenvalue weighted by molar-refractivity contribution is -0.152. The Morgan fingerprint density at radius 2 is 1.42 bits per heavy atom. The summed E-state index contributed by atoms with van der Waals surface area (Å²) in [4.78, 5) is 69.2. The van der Waals surface area contributed by atoms with E-state index in [1.165, 1.54) is 19.0 Å². The van der Waals surface area contributed by atoms with Gasteiger partial charge in [0.2, 0.25) is 17.7 Å². The van der Waals surface area contributed by atoms with Crippen LogP contribution in [0, 0.1) is 0 Å². The highest BCUT2D eigenvalue weighted by Gasteiger charge is 2.37. The second kappa shape index (κ2) is 17.1. The van der Waals surface area contributed by atoms with Gasteiger partial charge >= 0.3 is 12.1 Å². The van der Waals surface area contributed by atoms with Crippen molar-refractivity contribution in [3.8, 4) is 0 Å². The van der Waals surface area contributed by atoms with Crippen molar-refractivity contribution in [1.82, 2.24) is 26.2 Å². The molecular formula is C22H39N5O9. The first kappa shape index (κ1) is 32.6. The summed E-state index contributed by atoms with van der Waals surface area (Å²) in [5.41, 5.74) is -0.654. The largest absolute Gasteiger partial charge is 0.454 e. The maximum Gasteiger partial charge on any atom is 0.411 e. The summed E-state index contributed by atoms with van der Waals surface area (Å²) >= 11 is 0. The van der Waals surface area contributed by atoms with Crippen LogP contribution in [0.3, 0.4) is 0 Å². The Kier molecular flexibility index (Phi) is 15.5. The number of nitrogens with zero attached hydrogens (tertiary/aromatic N) is 1. The fourth-order valence-electron chi connectivity index (χ4n) is 2.77. The first-order valence-corrected chi connectivity index (χ1v) is 11.6. The Balaban J connectivity index is 0.000000935. The second-order valence-corrected chi connectivity index (χ2v) is 8.64. The quantitative estimate of drug-likeness (QED) is 0.213. The van der Waals surface area contributed by atoms with Gasteiger partial charge in [0.25, 0.3) is 5.91 Å². The van der Waals surface area contributed by atoms with Gasteiger partial charge in [-0.05, 0) is 33.6 Å². The minimum absolute atomic E-state index is 0.136. The van der Waals surface area contributed by atoms with Gasteiger partial charge in [0, 0.05) is 46.6 Å². The molecule has 1 rings (SSSR count). The molecule has 5 N–H and O–H groups in total. The number of hydrogen-bond donors (Lipinski definition) is 5. The third-order valence-electron chi connectivity index (χ3n) is 4.55. The highest BCUT2D eigenvalue weighted by atomic mass is 16.6. The van der Waals surface area contributed by atoms with E-state index in [-0.39, 0.29) is 37.7 Å². The van der Waals surface area contributed by atoms with Gasteiger partial charge in [-0.3, -0.25) is 24.1 Å². The van der Waals surface area contributed by atoms with E-state index in [4.69, 9.17) is 14.6 Å². The molecule has 0 aromatic carbocycles. The molecular weight excluding hydrogens is 478 g/mol. The molecule has 0 aromatic heterocycles. The SMILES string of the molecule is CNC(=O)CCNC(=O)CO.CNC(=O)CCNC(=O)COC(=O)[C@@H]1CCCN1C(=O)OC(C)(C)C. The van der Waals surface area contributed by atoms with Crippen molar-refractivity contribution in [1.29, 1.82) is 0 Å². The molecule has 0 spiro atoms. The minimum atomic E-state index is -0.742. The van der Waals surface area contributed by atoms with Gasteiger partial charge in [-0.15, -0.1) is 0 Å². The number of nitrogens with one attached hydrogen (secondary N) is 4. The molecule has 5 amide bonds. The fraction of sp³-hybridized carbons (Fsp3) is 0.727. The number of rotatable bonds is 10. The highest BCUT2D eigenvalue weighted by Crippen LogP contribution is 2.21. The molecule has 206 valence electrons. The van der Waals surface area contributed by atoms with Crippen molar-refractivity contribution in [2.75, 3.05) is 46.9 Å². The Hall–Kier alpha value is -3.42. The van der Waals surface area contributed by atoms with E-state index in [9.17, 15) is 28.8 Å². The van der Waals surface area contributed by atoms with Crippen LogP contribution < -0.4 is 21.3 Å². The zero-order chi connectivity index (χ0) is 27.7. The van der Waals surface area contributed by atoms with Crippen LogP contribution in [0.25, 0.3) is 0 Å². The average molecular weight is 518 g/mol. The average Bonchev–Trinajstić information content (AvgIpc) is 3.31. The molecule has 36 heavy (non-hydrogen) atoms. The number of likely N-dealkylation sites (tertiary alicyclic amines) is 1. The Morgan fingerprint density at radius 3 is 1.89 bits per heavy atom. The molecule has 0 saturated carbocycles. The Labute approximate surface area is 210 Å². The van der Waals surface area contributed by atoms with Crippen LogP contribution in [0.15, 0.2) is 0 Å². The summed E-state index contributed by atoms with van der Waals surface area (Å²) in [5, 5.41) is 17.9. The predicted octanol–water partition coefficient (Wildman–Crippen LogP) is -1.59. The predicted molar refractivity (Wildman–Crippen MR) is 127 cm³/mol. The normalized spacial score (nSPS) is 14.5. The van der Waals surface area contributed by atoms with Crippen molar-refractivity contribution in [3.05, 3.63) is 0 Å². The number of aliphatic hydroxyl groups is 1. The number of esters is 1. The van der Waals surface area contributed by atoms with E-state index in [1.54, 1.807) is 20.8 Å². The Morgan fingerprint density at radius 1 is 0.889 bits per heavy atom. The van der Waals surface area contributed by atoms with E-state index >= 15 is 0 Å². The van der Waals surface area contributed by atoms with Crippen molar-refractivity contribution >= 4 is 35.7 Å². The van der Waals surface area contributed by atoms with Crippen molar-refractivity contribution < 1.29 is 43.3 Å². The van der Waals surface area contributed by atoms with Crippen molar-refractivity contribution in [2.45, 2.75) is 58.1 Å². The van der Waals surface area contributed by atoms with Gasteiger partial charge in [-0.25, -0.2) is 9.59 Å². The first-order chi connectivity index (χ1) is 16.8. The van der Waals surface area contributed by atoms with E-state index in [1.807, 2.05) is 0 Å². The molecule has 1 aliphatic rings. The second-order valence-electron chi connectivity index (χ2n) is 8.64. The summed E-state index contributed by atoms with van der Waals surface area (Å²) in [6, 6.07) is -0.742. The molecule has 1 atom stereocenters. The standard InChI is InChI=1S/C16H27N3O6.C6H12N2O3/c1-16(2,3)25-15(23)19-9-5-6-11(19)14(22)24-10-13(21)18-8-7-12(20)17-4;1-7-5(10)2-3-8-6(11)4-9/h11H,5-10H2,1-4H3,(H,17,20)(H,18,21);9H,2-4H2,1H3,(H,7,10)(H,8,11)/t11-;/m0./s1. The molecule has 0 aromatic rings. The first-order valence-electron chi connectivity index (χ1n) is 11.6. The van der Waals surface area contributed by atoms with Crippen LogP contribution in [0.5, 0.6) is 0 Å². The summed E-state index contributed by atoms with van der Waals surface area (Å²) in [6.45, 7) is 5.08. The summed E-state index contributed by atoms with van der Waals surface area (Å²) < 4.78 is 10.3. The Bertz CT molecular complexity index is 751. The number of hydrogen-bond acceptors (Lipinski definition) is 9.